The number of aryl methyl sites for hydroxylation is 2. The molecule has 1 aromatic rings. The van der Waals surface area contributed by atoms with E-state index in [0.29, 0.717) is 17.8 Å². The minimum Gasteiger partial charge on any atom is -0.481 e. The molecule has 0 amide bonds. The molecule has 0 fully saturated rings. The van der Waals surface area contributed by atoms with Gasteiger partial charge < -0.3 is 10.1 Å². The highest BCUT2D eigenvalue weighted by molar-refractivity contribution is 5.67. The molecule has 5 nitrogen and oxygen atoms in total. The Bertz CT molecular complexity index is 383. The molecule has 1 rings (SSSR count). The number of carbonyl (C=O) groups is 1. The Hall–Kier alpha value is -1.65. The van der Waals surface area contributed by atoms with Crippen molar-refractivity contribution in [3.05, 3.63) is 27.4 Å². The predicted molar refractivity (Wildman–Crippen MR) is 50.3 cm³/mol. The number of aromatic nitrogens is 2. The summed E-state index contributed by atoms with van der Waals surface area (Å²) in [7, 11) is 0. The summed E-state index contributed by atoms with van der Waals surface area (Å²) in [6.07, 6.45) is 0.451. The molecule has 76 valence electrons. The zero-order chi connectivity index (χ0) is 10.7. The number of aromatic amines is 1. The average molecular weight is 196 g/mol. The van der Waals surface area contributed by atoms with Crippen molar-refractivity contribution in [3.63, 3.8) is 0 Å². The summed E-state index contributed by atoms with van der Waals surface area (Å²) in [5, 5.41) is 8.52. The van der Waals surface area contributed by atoms with Gasteiger partial charge in [0.1, 0.15) is 0 Å². The van der Waals surface area contributed by atoms with Crippen LogP contribution in [0.25, 0.3) is 0 Å². The summed E-state index contributed by atoms with van der Waals surface area (Å²) in [5.41, 5.74) is 1.72. The third-order valence-corrected chi connectivity index (χ3v) is 2.04. The highest BCUT2D eigenvalue weighted by atomic mass is 16.4. The zero-order valence-corrected chi connectivity index (χ0v) is 8.13. The normalized spacial score (nSPS) is 10.1. The van der Waals surface area contributed by atoms with Crippen LogP contribution >= 0.6 is 0 Å². The van der Waals surface area contributed by atoms with Gasteiger partial charge in [-0.05, 0) is 25.8 Å². The third-order valence-electron chi connectivity index (χ3n) is 2.04. The van der Waals surface area contributed by atoms with Gasteiger partial charge in [0.05, 0.1) is 0 Å². The number of hydrogen-bond donors (Lipinski definition) is 2. The highest BCUT2D eigenvalue weighted by Gasteiger charge is 2.07. The molecule has 0 aromatic carbocycles. The molecule has 0 saturated carbocycles. The summed E-state index contributed by atoms with van der Waals surface area (Å²) in [4.78, 5) is 27.5. The first-order valence-corrected chi connectivity index (χ1v) is 4.29. The zero-order valence-electron chi connectivity index (χ0n) is 8.13. The fourth-order valence-corrected chi connectivity index (χ4v) is 1.36. The molecular weight excluding hydrogens is 184 g/mol. The maximum absolute atomic E-state index is 10.9. The number of H-pyrrole nitrogens is 1. The molecule has 0 aliphatic heterocycles. The maximum atomic E-state index is 10.9. The number of aliphatic carboxylic acids is 1. The van der Waals surface area contributed by atoms with Crippen LogP contribution in [0.15, 0.2) is 4.79 Å². The molecule has 1 heterocycles. The Balaban J connectivity index is 2.97. The van der Waals surface area contributed by atoms with Gasteiger partial charge in [0, 0.05) is 17.8 Å². The fraction of sp³-hybridized carbons (Fsp3) is 0.444. The summed E-state index contributed by atoms with van der Waals surface area (Å²) < 4.78 is 0. The van der Waals surface area contributed by atoms with Crippen molar-refractivity contribution in [2.75, 3.05) is 0 Å². The van der Waals surface area contributed by atoms with Crippen molar-refractivity contribution in [2.45, 2.75) is 26.7 Å². The van der Waals surface area contributed by atoms with Crippen LogP contribution in [0.5, 0.6) is 0 Å². The lowest BCUT2D eigenvalue weighted by Gasteiger charge is -2.05. The molecule has 14 heavy (non-hydrogen) atoms. The van der Waals surface area contributed by atoms with Crippen LogP contribution in [-0.2, 0) is 11.2 Å². The molecule has 0 saturated heterocycles. The summed E-state index contributed by atoms with van der Waals surface area (Å²) in [6, 6.07) is 0. The largest absolute Gasteiger partial charge is 0.481 e. The monoisotopic (exact) mass is 196 g/mol. The van der Waals surface area contributed by atoms with E-state index in [9.17, 15) is 9.59 Å². The molecule has 0 aliphatic carbocycles. The van der Waals surface area contributed by atoms with Crippen LogP contribution in [0.1, 0.15) is 23.4 Å². The van der Waals surface area contributed by atoms with Gasteiger partial charge in [-0.2, -0.15) is 4.98 Å². The molecule has 0 atom stereocenters. The predicted octanol–water partition coefficient (Wildman–Crippen LogP) is 0.404. The van der Waals surface area contributed by atoms with Gasteiger partial charge in [0.2, 0.25) is 0 Å². The second-order valence-corrected chi connectivity index (χ2v) is 3.12. The van der Waals surface area contributed by atoms with Gasteiger partial charge >= 0.3 is 11.7 Å². The lowest BCUT2D eigenvalue weighted by atomic mass is 10.1. The summed E-state index contributed by atoms with van der Waals surface area (Å²) in [5.74, 6) is -0.852. The van der Waals surface area contributed by atoms with E-state index in [0.717, 1.165) is 5.56 Å². The average Bonchev–Trinajstić information content (AvgIpc) is 2.01. The highest BCUT2D eigenvalue weighted by Crippen LogP contribution is 2.09. The van der Waals surface area contributed by atoms with Crippen LogP contribution in [0.2, 0.25) is 0 Å². The number of nitrogens with zero attached hydrogens (tertiary/aromatic N) is 1. The van der Waals surface area contributed by atoms with Gasteiger partial charge in [-0.1, -0.05) is 0 Å². The van der Waals surface area contributed by atoms with Crippen LogP contribution in [0.4, 0.5) is 0 Å². The lowest BCUT2D eigenvalue weighted by molar-refractivity contribution is -0.136. The van der Waals surface area contributed by atoms with Gasteiger partial charge in [-0.3, -0.25) is 4.79 Å². The van der Waals surface area contributed by atoms with E-state index in [2.05, 4.69) is 9.97 Å². The number of carboxylic acids is 1. The first kappa shape index (κ1) is 10.4. The SMILES string of the molecule is Cc1nc(=O)[nH]c(C)c1CCC(=O)O. The first-order valence-electron chi connectivity index (χ1n) is 4.29. The van der Waals surface area contributed by atoms with Crippen LogP contribution in [0, 0.1) is 13.8 Å². The second kappa shape index (κ2) is 4.04. The van der Waals surface area contributed by atoms with E-state index >= 15 is 0 Å². The van der Waals surface area contributed by atoms with Gasteiger partial charge in [0.25, 0.3) is 0 Å². The smallest absolute Gasteiger partial charge is 0.345 e. The summed E-state index contributed by atoms with van der Waals surface area (Å²) >= 11 is 0. The summed E-state index contributed by atoms with van der Waals surface area (Å²) in [6.45, 7) is 3.45. The van der Waals surface area contributed by atoms with Crippen LogP contribution in [-0.4, -0.2) is 21.0 Å². The van der Waals surface area contributed by atoms with E-state index < -0.39 is 5.97 Å². The van der Waals surface area contributed by atoms with E-state index in [1.807, 2.05) is 0 Å². The third kappa shape index (κ3) is 2.42. The molecule has 0 radical (unpaired) electrons. The number of hydrogen-bond acceptors (Lipinski definition) is 3. The molecule has 5 heteroatoms. The van der Waals surface area contributed by atoms with Crippen molar-refractivity contribution < 1.29 is 9.90 Å². The minimum atomic E-state index is -0.852. The number of carboxylic acid groups (broad SMARTS) is 1. The van der Waals surface area contributed by atoms with Gasteiger partial charge in [-0.25, -0.2) is 4.79 Å². The van der Waals surface area contributed by atoms with Gasteiger partial charge in [0.15, 0.2) is 0 Å². The Morgan fingerprint density at radius 1 is 1.50 bits per heavy atom. The molecule has 0 spiro atoms. The first-order chi connectivity index (χ1) is 6.50. The quantitative estimate of drug-likeness (QED) is 0.733. The van der Waals surface area contributed by atoms with Crippen molar-refractivity contribution >= 4 is 5.97 Å². The van der Waals surface area contributed by atoms with Crippen LogP contribution < -0.4 is 5.69 Å². The van der Waals surface area contributed by atoms with E-state index in [4.69, 9.17) is 5.11 Å². The fourth-order valence-electron chi connectivity index (χ4n) is 1.36. The Morgan fingerprint density at radius 3 is 2.64 bits per heavy atom. The minimum absolute atomic E-state index is 0.0510. The van der Waals surface area contributed by atoms with E-state index in [-0.39, 0.29) is 12.1 Å². The second-order valence-electron chi connectivity index (χ2n) is 3.12. The Labute approximate surface area is 80.8 Å². The molecule has 0 unspecified atom stereocenters. The molecule has 2 N–H and O–H groups in total. The number of rotatable bonds is 3. The van der Waals surface area contributed by atoms with E-state index in [1.54, 1.807) is 13.8 Å². The molecular formula is C9H12N2O3. The van der Waals surface area contributed by atoms with Crippen molar-refractivity contribution in [2.24, 2.45) is 0 Å². The van der Waals surface area contributed by atoms with E-state index in [1.165, 1.54) is 0 Å². The maximum Gasteiger partial charge on any atom is 0.345 e. The van der Waals surface area contributed by atoms with Crippen molar-refractivity contribution in [1.29, 1.82) is 0 Å². The molecule has 1 aromatic heterocycles. The standard InChI is InChI=1S/C9H12N2O3/c1-5-7(3-4-8(12)13)6(2)11-9(14)10-5/h3-4H2,1-2H3,(H,12,13)(H,10,11,14). The van der Waals surface area contributed by atoms with Gasteiger partial charge in [-0.15, -0.1) is 0 Å². The van der Waals surface area contributed by atoms with Crippen molar-refractivity contribution in [3.8, 4) is 0 Å². The van der Waals surface area contributed by atoms with Crippen molar-refractivity contribution in [1.82, 2.24) is 9.97 Å². The Morgan fingerprint density at radius 2 is 2.14 bits per heavy atom. The topological polar surface area (TPSA) is 83.0 Å². The number of nitrogens with one attached hydrogen (secondary N) is 1. The lowest BCUT2D eigenvalue weighted by Crippen LogP contribution is -2.16. The molecule has 0 aliphatic rings. The molecule has 0 bridgehead atoms. The van der Waals surface area contributed by atoms with Crippen LogP contribution in [0.3, 0.4) is 0 Å². The Kier molecular flexibility index (Phi) is 3.01.